The normalized spacial score (nSPS) is 11.1. The quantitative estimate of drug-likeness (QED) is 0.808. The lowest BCUT2D eigenvalue weighted by Gasteiger charge is -2.21. The summed E-state index contributed by atoms with van der Waals surface area (Å²) in [6.45, 7) is 4.95. The van der Waals surface area contributed by atoms with Crippen LogP contribution in [0.2, 0.25) is 0 Å². The third-order valence-electron chi connectivity index (χ3n) is 3.91. The molecule has 0 unspecified atom stereocenters. The van der Waals surface area contributed by atoms with E-state index in [2.05, 4.69) is 0 Å². The van der Waals surface area contributed by atoms with E-state index in [9.17, 15) is 13.2 Å². The minimum Gasteiger partial charge on any atom is -0.339 e. The molecule has 0 aliphatic rings. The first-order chi connectivity index (χ1) is 11.4. The van der Waals surface area contributed by atoms with Crippen molar-refractivity contribution in [1.82, 2.24) is 4.90 Å². The molecule has 2 rings (SSSR count). The van der Waals surface area contributed by atoms with Crippen LogP contribution in [0.4, 0.5) is 5.69 Å². The number of sulfonamides is 1. The fourth-order valence-corrected chi connectivity index (χ4v) is 3.66. The predicted molar refractivity (Wildman–Crippen MR) is 95.7 cm³/mol. The van der Waals surface area contributed by atoms with Crippen LogP contribution in [0.25, 0.3) is 0 Å². The largest absolute Gasteiger partial charge is 0.339 e. The number of rotatable bonds is 6. The van der Waals surface area contributed by atoms with Crippen LogP contribution >= 0.6 is 0 Å². The van der Waals surface area contributed by atoms with Crippen molar-refractivity contribution in [3.8, 4) is 0 Å². The zero-order valence-electron chi connectivity index (χ0n) is 14.1. The molecular weight excluding hydrogens is 324 g/mol. The molecule has 1 amide bonds. The van der Waals surface area contributed by atoms with Gasteiger partial charge in [0.15, 0.2) is 0 Å². The van der Waals surface area contributed by atoms with Gasteiger partial charge in [-0.2, -0.15) is 0 Å². The number of hydrogen-bond donors (Lipinski definition) is 0. The van der Waals surface area contributed by atoms with Crippen LogP contribution in [0, 0.1) is 0 Å². The Morgan fingerprint density at radius 2 is 1.58 bits per heavy atom. The zero-order chi connectivity index (χ0) is 17.7. The van der Waals surface area contributed by atoms with Gasteiger partial charge in [-0.1, -0.05) is 24.3 Å². The molecule has 128 valence electrons. The summed E-state index contributed by atoms with van der Waals surface area (Å²) < 4.78 is 26.9. The molecule has 0 N–H and O–H groups in total. The van der Waals surface area contributed by atoms with Gasteiger partial charge in [0.05, 0.1) is 10.6 Å². The summed E-state index contributed by atoms with van der Waals surface area (Å²) >= 11 is 0. The Bertz CT molecular complexity index is 800. The third kappa shape index (κ3) is 3.59. The molecule has 2 aromatic carbocycles. The lowest BCUT2D eigenvalue weighted by molar-refractivity contribution is 0.0772. The zero-order valence-corrected chi connectivity index (χ0v) is 15.0. The van der Waals surface area contributed by atoms with E-state index in [0.29, 0.717) is 24.3 Å². The van der Waals surface area contributed by atoms with Crippen molar-refractivity contribution >= 4 is 21.6 Å². The van der Waals surface area contributed by atoms with E-state index in [0.717, 1.165) is 0 Å². The topological polar surface area (TPSA) is 57.7 Å². The van der Waals surface area contributed by atoms with Crippen molar-refractivity contribution in [2.45, 2.75) is 18.7 Å². The Morgan fingerprint density at radius 3 is 2.17 bits per heavy atom. The van der Waals surface area contributed by atoms with Crippen LogP contribution in [0.1, 0.15) is 24.2 Å². The Balaban J connectivity index is 2.38. The van der Waals surface area contributed by atoms with Crippen molar-refractivity contribution < 1.29 is 13.2 Å². The number of amides is 1. The Kier molecular flexibility index (Phi) is 5.62. The number of hydrogen-bond acceptors (Lipinski definition) is 3. The first kappa shape index (κ1) is 18.0. The predicted octanol–water partition coefficient (Wildman–Crippen LogP) is 2.99. The lowest BCUT2D eigenvalue weighted by Crippen LogP contribution is -2.31. The van der Waals surface area contributed by atoms with Gasteiger partial charge in [-0.15, -0.1) is 0 Å². The summed E-state index contributed by atoms with van der Waals surface area (Å²) in [7, 11) is -2.22. The second-order valence-corrected chi connectivity index (χ2v) is 7.28. The van der Waals surface area contributed by atoms with E-state index < -0.39 is 10.0 Å². The van der Waals surface area contributed by atoms with Crippen LogP contribution in [0.5, 0.6) is 0 Å². The minimum absolute atomic E-state index is 0.104. The molecule has 0 aliphatic heterocycles. The molecule has 0 atom stereocenters. The van der Waals surface area contributed by atoms with Gasteiger partial charge in [0.25, 0.3) is 15.9 Å². The van der Waals surface area contributed by atoms with Gasteiger partial charge in [0, 0.05) is 25.7 Å². The van der Waals surface area contributed by atoms with Gasteiger partial charge in [-0.25, -0.2) is 8.42 Å². The van der Waals surface area contributed by atoms with E-state index in [1.807, 2.05) is 19.9 Å². The summed E-state index contributed by atoms with van der Waals surface area (Å²) in [6, 6.07) is 15.0. The number of para-hydroxylation sites is 1. The van der Waals surface area contributed by atoms with Crippen molar-refractivity contribution in [2.24, 2.45) is 0 Å². The molecule has 0 heterocycles. The number of nitrogens with zero attached hydrogens (tertiary/aromatic N) is 2. The van der Waals surface area contributed by atoms with Gasteiger partial charge in [0.1, 0.15) is 0 Å². The molecule has 0 spiro atoms. The monoisotopic (exact) mass is 346 g/mol. The molecule has 0 saturated heterocycles. The number of carbonyl (C=O) groups is 1. The molecule has 5 nitrogen and oxygen atoms in total. The van der Waals surface area contributed by atoms with Gasteiger partial charge in [-0.3, -0.25) is 9.10 Å². The lowest BCUT2D eigenvalue weighted by atomic mass is 10.2. The maximum atomic E-state index is 12.8. The number of anilines is 1. The van der Waals surface area contributed by atoms with Crippen LogP contribution in [-0.2, 0) is 10.0 Å². The van der Waals surface area contributed by atoms with E-state index >= 15 is 0 Å². The van der Waals surface area contributed by atoms with Crippen molar-refractivity contribution in [2.75, 3.05) is 24.4 Å². The number of benzene rings is 2. The van der Waals surface area contributed by atoms with Crippen LogP contribution < -0.4 is 4.31 Å². The molecule has 0 radical (unpaired) electrons. The Hall–Kier alpha value is -2.34. The van der Waals surface area contributed by atoms with Crippen LogP contribution in [0.3, 0.4) is 0 Å². The maximum absolute atomic E-state index is 12.8. The fourth-order valence-electron chi connectivity index (χ4n) is 2.42. The summed E-state index contributed by atoms with van der Waals surface area (Å²) in [5, 5.41) is 0. The van der Waals surface area contributed by atoms with Crippen LogP contribution in [-0.4, -0.2) is 39.4 Å². The average Bonchev–Trinajstić information content (AvgIpc) is 2.62. The Labute approximate surface area is 143 Å². The molecule has 24 heavy (non-hydrogen) atoms. The fraction of sp³-hybridized carbons (Fsp3) is 0.278. The maximum Gasteiger partial charge on any atom is 0.264 e. The summed E-state index contributed by atoms with van der Waals surface area (Å²) in [4.78, 5) is 14.2. The van der Waals surface area contributed by atoms with Gasteiger partial charge < -0.3 is 4.90 Å². The highest BCUT2D eigenvalue weighted by molar-refractivity contribution is 7.92. The van der Waals surface area contributed by atoms with E-state index in [-0.39, 0.29) is 10.8 Å². The molecule has 0 aromatic heterocycles. The van der Waals surface area contributed by atoms with E-state index in [4.69, 9.17) is 0 Å². The minimum atomic E-state index is -3.72. The summed E-state index contributed by atoms with van der Waals surface area (Å²) in [5.74, 6) is -0.167. The molecule has 0 bridgehead atoms. The molecule has 2 aromatic rings. The summed E-state index contributed by atoms with van der Waals surface area (Å²) in [6.07, 6.45) is 0. The molecule has 0 aliphatic carbocycles. The second kappa shape index (κ2) is 7.49. The highest BCUT2D eigenvalue weighted by atomic mass is 32.2. The van der Waals surface area contributed by atoms with E-state index in [1.54, 1.807) is 41.3 Å². The Morgan fingerprint density at radius 1 is 0.958 bits per heavy atom. The summed E-state index contributed by atoms with van der Waals surface area (Å²) in [5.41, 5.74) is 0.944. The third-order valence-corrected chi connectivity index (χ3v) is 5.69. The molecule has 0 fully saturated rings. The van der Waals surface area contributed by atoms with Gasteiger partial charge >= 0.3 is 0 Å². The SMILES string of the molecule is CCN(CC)C(=O)c1cccc(S(=O)(=O)N(C)c2ccccc2)c1. The first-order valence-electron chi connectivity index (χ1n) is 7.85. The molecule has 0 saturated carbocycles. The second-order valence-electron chi connectivity index (χ2n) is 5.31. The van der Waals surface area contributed by atoms with Gasteiger partial charge in [-0.05, 0) is 44.2 Å². The van der Waals surface area contributed by atoms with Crippen molar-refractivity contribution in [3.05, 3.63) is 60.2 Å². The highest BCUT2D eigenvalue weighted by Gasteiger charge is 2.23. The molecule has 6 heteroatoms. The highest BCUT2D eigenvalue weighted by Crippen LogP contribution is 2.22. The smallest absolute Gasteiger partial charge is 0.264 e. The average molecular weight is 346 g/mol. The number of carbonyl (C=O) groups excluding carboxylic acids is 1. The van der Waals surface area contributed by atoms with Crippen molar-refractivity contribution in [1.29, 1.82) is 0 Å². The van der Waals surface area contributed by atoms with Gasteiger partial charge in [0.2, 0.25) is 0 Å². The van der Waals surface area contributed by atoms with E-state index in [1.165, 1.54) is 23.5 Å². The van der Waals surface area contributed by atoms with Crippen molar-refractivity contribution in [3.63, 3.8) is 0 Å². The first-order valence-corrected chi connectivity index (χ1v) is 9.29. The standard InChI is InChI=1S/C18H22N2O3S/c1-4-20(5-2)18(21)15-10-9-13-17(14-15)24(22,23)19(3)16-11-7-6-8-12-16/h6-14H,4-5H2,1-3H3. The molecular formula is C18H22N2O3S. The van der Waals surface area contributed by atoms with Crippen LogP contribution in [0.15, 0.2) is 59.5 Å².